The lowest BCUT2D eigenvalue weighted by molar-refractivity contribution is 0.318. The number of benzene rings is 1. The molecule has 13 heavy (non-hydrogen) atoms. The van der Waals surface area contributed by atoms with Crippen molar-refractivity contribution in [3.05, 3.63) is 42.0 Å². The SMILES string of the molecule is CCO.OCC=Cc1ccccc1. The van der Waals surface area contributed by atoms with Crippen molar-refractivity contribution in [1.82, 2.24) is 0 Å². The average Bonchev–Trinajstić information content (AvgIpc) is 2.18. The summed E-state index contributed by atoms with van der Waals surface area (Å²) < 4.78 is 0. The molecule has 0 atom stereocenters. The maximum Gasteiger partial charge on any atom is 0.0615 e. The lowest BCUT2D eigenvalue weighted by atomic mass is 10.2. The number of hydrogen-bond acceptors (Lipinski definition) is 2. The van der Waals surface area contributed by atoms with Crippen molar-refractivity contribution >= 4 is 6.08 Å². The number of rotatable bonds is 2. The standard InChI is InChI=1S/C9H10O.C2H6O/c10-8-4-7-9-5-2-1-3-6-9;1-2-3/h1-7,10H,8H2;3H,2H2,1H3. The minimum absolute atomic E-state index is 0.106. The van der Waals surface area contributed by atoms with Crippen LogP contribution in [0.3, 0.4) is 0 Å². The zero-order valence-corrected chi connectivity index (χ0v) is 7.85. The molecule has 0 spiro atoms. The first-order valence-corrected chi connectivity index (χ1v) is 4.28. The Bertz CT molecular complexity index is 217. The molecule has 0 saturated heterocycles. The van der Waals surface area contributed by atoms with Crippen LogP contribution < -0.4 is 0 Å². The predicted molar refractivity (Wildman–Crippen MR) is 55.3 cm³/mol. The van der Waals surface area contributed by atoms with Crippen molar-refractivity contribution in [2.75, 3.05) is 13.2 Å². The van der Waals surface area contributed by atoms with E-state index in [-0.39, 0.29) is 13.2 Å². The number of hydrogen-bond donors (Lipinski definition) is 2. The van der Waals surface area contributed by atoms with Crippen LogP contribution in [0.1, 0.15) is 12.5 Å². The molecule has 0 amide bonds. The van der Waals surface area contributed by atoms with E-state index in [1.807, 2.05) is 36.4 Å². The molecule has 2 heteroatoms. The second kappa shape index (κ2) is 8.97. The van der Waals surface area contributed by atoms with Gasteiger partial charge in [-0.15, -0.1) is 0 Å². The van der Waals surface area contributed by atoms with Gasteiger partial charge in [0.25, 0.3) is 0 Å². The number of aliphatic hydroxyl groups excluding tert-OH is 2. The van der Waals surface area contributed by atoms with Gasteiger partial charge in [0.1, 0.15) is 0 Å². The molecule has 0 heterocycles. The van der Waals surface area contributed by atoms with Crippen molar-refractivity contribution in [3.8, 4) is 0 Å². The molecule has 0 saturated carbocycles. The third-order valence-corrected chi connectivity index (χ3v) is 1.22. The molecule has 2 N–H and O–H groups in total. The molecule has 0 bridgehead atoms. The van der Waals surface area contributed by atoms with E-state index in [0.29, 0.717) is 0 Å². The highest BCUT2D eigenvalue weighted by atomic mass is 16.3. The van der Waals surface area contributed by atoms with E-state index < -0.39 is 0 Å². The monoisotopic (exact) mass is 180 g/mol. The fourth-order valence-electron chi connectivity index (χ4n) is 0.753. The Hall–Kier alpha value is -1.12. The van der Waals surface area contributed by atoms with Gasteiger partial charge in [-0.05, 0) is 12.5 Å². The zero-order chi connectivity index (χ0) is 9.94. The summed E-state index contributed by atoms with van der Waals surface area (Å²) in [7, 11) is 0. The van der Waals surface area contributed by atoms with Gasteiger partial charge in [0, 0.05) is 6.61 Å². The Kier molecular flexibility index (Phi) is 8.20. The molecule has 0 aliphatic carbocycles. The maximum atomic E-state index is 8.44. The second-order valence-electron chi connectivity index (χ2n) is 2.31. The molecule has 0 unspecified atom stereocenters. The van der Waals surface area contributed by atoms with Gasteiger partial charge in [-0.1, -0.05) is 42.5 Å². The van der Waals surface area contributed by atoms with Gasteiger partial charge in [-0.2, -0.15) is 0 Å². The van der Waals surface area contributed by atoms with Crippen molar-refractivity contribution in [2.45, 2.75) is 6.92 Å². The molecular weight excluding hydrogens is 164 g/mol. The fourth-order valence-corrected chi connectivity index (χ4v) is 0.753. The topological polar surface area (TPSA) is 40.5 Å². The van der Waals surface area contributed by atoms with Crippen LogP contribution in [0.25, 0.3) is 6.08 Å². The fraction of sp³-hybridized carbons (Fsp3) is 0.273. The first-order valence-electron chi connectivity index (χ1n) is 4.28. The van der Waals surface area contributed by atoms with E-state index in [0.717, 1.165) is 5.56 Å². The van der Waals surface area contributed by atoms with Crippen LogP contribution in [0.5, 0.6) is 0 Å². The van der Waals surface area contributed by atoms with Crippen LogP contribution in [-0.2, 0) is 0 Å². The van der Waals surface area contributed by atoms with Crippen molar-refractivity contribution < 1.29 is 10.2 Å². The minimum Gasteiger partial charge on any atom is -0.397 e. The lowest BCUT2D eigenvalue weighted by Gasteiger charge is -1.88. The van der Waals surface area contributed by atoms with Crippen LogP contribution in [0.15, 0.2) is 36.4 Å². The molecular formula is C11H16O2. The molecule has 1 rings (SSSR count). The molecule has 0 aliphatic heterocycles. The predicted octanol–water partition coefficient (Wildman–Crippen LogP) is 1.69. The van der Waals surface area contributed by atoms with E-state index >= 15 is 0 Å². The normalized spacial score (nSPS) is 9.46. The third kappa shape index (κ3) is 7.25. The van der Waals surface area contributed by atoms with E-state index in [4.69, 9.17) is 10.2 Å². The van der Waals surface area contributed by atoms with Crippen molar-refractivity contribution in [3.63, 3.8) is 0 Å². The van der Waals surface area contributed by atoms with Crippen molar-refractivity contribution in [2.24, 2.45) is 0 Å². The summed E-state index contributed by atoms with van der Waals surface area (Å²) in [5, 5.41) is 16.0. The van der Waals surface area contributed by atoms with E-state index in [1.54, 1.807) is 13.0 Å². The van der Waals surface area contributed by atoms with Crippen LogP contribution in [0.4, 0.5) is 0 Å². The molecule has 2 nitrogen and oxygen atoms in total. The van der Waals surface area contributed by atoms with E-state index in [2.05, 4.69) is 0 Å². The zero-order valence-electron chi connectivity index (χ0n) is 7.85. The highest BCUT2D eigenvalue weighted by Crippen LogP contribution is 1.99. The van der Waals surface area contributed by atoms with Gasteiger partial charge >= 0.3 is 0 Å². The molecule has 72 valence electrons. The van der Waals surface area contributed by atoms with Crippen LogP contribution in [0.2, 0.25) is 0 Å². The quantitative estimate of drug-likeness (QED) is 0.727. The second-order valence-corrected chi connectivity index (χ2v) is 2.31. The van der Waals surface area contributed by atoms with Gasteiger partial charge in [-0.25, -0.2) is 0 Å². The summed E-state index contributed by atoms with van der Waals surface area (Å²) >= 11 is 0. The Morgan fingerprint density at radius 1 is 1.15 bits per heavy atom. The van der Waals surface area contributed by atoms with Crippen LogP contribution in [-0.4, -0.2) is 23.4 Å². The Balaban J connectivity index is 0.000000424. The van der Waals surface area contributed by atoms with Gasteiger partial charge in [0.2, 0.25) is 0 Å². The van der Waals surface area contributed by atoms with Crippen LogP contribution >= 0.6 is 0 Å². The molecule has 1 aromatic carbocycles. The van der Waals surface area contributed by atoms with Gasteiger partial charge in [0.15, 0.2) is 0 Å². The van der Waals surface area contributed by atoms with Crippen LogP contribution in [0, 0.1) is 0 Å². The summed E-state index contributed by atoms with van der Waals surface area (Å²) in [6.45, 7) is 2.04. The molecule has 0 fully saturated rings. The Labute approximate surface area is 79.2 Å². The summed E-state index contributed by atoms with van der Waals surface area (Å²) in [5.74, 6) is 0. The average molecular weight is 180 g/mol. The summed E-state index contributed by atoms with van der Waals surface area (Å²) in [5.41, 5.74) is 1.12. The van der Waals surface area contributed by atoms with E-state index in [9.17, 15) is 0 Å². The molecule has 0 aromatic heterocycles. The smallest absolute Gasteiger partial charge is 0.0615 e. The minimum atomic E-state index is 0.106. The molecule has 0 aliphatic rings. The number of aliphatic hydroxyl groups is 2. The first-order chi connectivity index (χ1) is 6.35. The molecule has 1 aromatic rings. The summed E-state index contributed by atoms with van der Waals surface area (Å²) in [6, 6.07) is 9.89. The Morgan fingerprint density at radius 3 is 2.15 bits per heavy atom. The first kappa shape index (κ1) is 11.9. The highest BCUT2D eigenvalue weighted by Gasteiger charge is 1.79. The van der Waals surface area contributed by atoms with E-state index in [1.165, 1.54) is 0 Å². The van der Waals surface area contributed by atoms with Gasteiger partial charge < -0.3 is 10.2 Å². The van der Waals surface area contributed by atoms with Gasteiger partial charge in [-0.3, -0.25) is 0 Å². The van der Waals surface area contributed by atoms with Gasteiger partial charge in [0.05, 0.1) is 6.61 Å². The summed E-state index contributed by atoms with van der Waals surface area (Å²) in [4.78, 5) is 0. The third-order valence-electron chi connectivity index (χ3n) is 1.22. The summed E-state index contributed by atoms with van der Waals surface area (Å²) in [6.07, 6.45) is 3.61. The highest BCUT2D eigenvalue weighted by molar-refractivity contribution is 5.48. The maximum absolute atomic E-state index is 8.44. The van der Waals surface area contributed by atoms with Crippen molar-refractivity contribution in [1.29, 1.82) is 0 Å². The largest absolute Gasteiger partial charge is 0.397 e. The molecule has 0 radical (unpaired) electrons. The Morgan fingerprint density at radius 2 is 1.69 bits per heavy atom. The lowest BCUT2D eigenvalue weighted by Crippen LogP contribution is -1.72.